The van der Waals surface area contributed by atoms with Crippen LogP contribution >= 0.6 is 27.5 Å². The average Bonchev–Trinajstić information content (AvgIpc) is 2.78. The molecular formula is C11H11BrClFN2O2. The van der Waals surface area contributed by atoms with Gasteiger partial charge in [0.15, 0.2) is 0 Å². The molecule has 1 unspecified atom stereocenters. The molecule has 1 aliphatic rings. The largest absolute Gasteiger partial charge is 0.379 e. The molecule has 1 heterocycles. The first-order valence-electron chi connectivity index (χ1n) is 5.36. The van der Waals surface area contributed by atoms with E-state index < -0.39 is 5.82 Å². The van der Waals surface area contributed by atoms with Crippen LogP contribution < -0.4 is 10.6 Å². The number of ether oxygens (including phenoxy) is 1. The van der Waals surface area contributed by atoms with Crippen LogP contribution in [0.25, 0.3) is 0 Å². The molecule has 2 N–H and O–H groups in total. The van der Waals surface area contributed by atoms with Crippen LogP contribution in [-0.2, 0) is 4.74 Å². The molecule has 1 atom stereocenters. The summed E-state index contributed by atoms with van der Waals surface area (Å²) in [6, 6.07) is 2.18. The average molecular weight is 338 g/mol. The Morgan fingerprint density at radius 3 is 3.00 bits per heavy atom. The van der Waals surface area contributed by atoms with Crippen molar-refractivity contribution in [3.05, 3.63) is 27.4 Å². The molecule has 4 nitrogen and oxygen atoms in total. The van der Waals surface area contributed by atoms with Crippen LogP contribution in [-0.4, -0.2) is 25.3 Å². The van der Waals surface area contributed by atoms with Gasteiger partial charge in [-0.15, -0.1) is 0 Å². The molecule has 18 heavy (non-hydrogen) atoms. The molecule has 0 aromatic heterocycles. The SMILES string of the molecule is O=C(Nc1cc(Br)c(F)cc1Cl)NC1CCOC1. The number of urea groups is 1. The topological polar surface area (TPSA) is 50.4 Å². The fraction of sp³-hybridized carbons (Fsp3) is 0.364. The Morgan fingerprint density at radius 2 is 2.33 bits per heavy atom. The zero-order valence-corrected chi connectivity index (χ0v) is 11.6. The van der Waals surface area contributed by atoms with Crippen molar-refractivity contribution in [1.82, 2.24) is 5.32 Å². The van der Waals surface area contributed by atoms with Crippen LogP contribution in [0.3, 0.4) is 0 Å². The van der Waals surface area contributed by atoms with Crippen molar-refractivity contribution in [1.29, 1.82) is 0 Å². The molecular weight excluding hydrogens is 326 g/mol. The first-order chi connectivity index (χ1) is 8.56. The van der Waals surface area contributed by atoms with Crippen molar-refractivity contribution in [2.75, 3.05) is 18.5 Å². The number of benzene rings is 1. The van der Waals surface area contributed by atoms with Gasteiger partial charge in [0.2, 0.25) is 0 Å². The third-order valence-electron chi connectivity index (χ3n) is 2.52. The Kier molecular flexibility index (Phi) is 4.42. The third kappa shape index (κ3) is 3.34. The van der Waals surface area contributed by atoms with Gasteiger partial charge < -0.3 is 15.4 Å². The monoisotopic (exact) mass is 336 g/mol. The van der Waals surface area contributed by atoms with Crippen molar-refractivity contribution in [3.8, 4) is 0 Å². The molecule has 2 rings (SSSR count). The lowest BCUT2D eigenvalue weighted by Gasteiger charge is -2.13. The number of hydrogen-bond acceptors (Lipinski definition) is 2. The minimum Gasteiger partial charge on any atom is -0.379 e. The summed E-state index contributed by atoms with van der Waals surface area (Å²) in [4.78, 5) is 11.7. The van der Waals surface area contributed by atoms with Gasteiger partial charge in [-0.3, -0.25) is 0 Å². The first kappa shape index (κ1) is 13.6. The summed E-state index contributed by atoms with van der Waals surface area (Å²) in [5, 5.41) is 5.46. The van der Waals surface area contributed by atoms with E-state index in [9.17, 15) is 9.18 Å². The molecule has 98 valence electrons. The Balaban J connectivity index is 2.00. The number of carbonyl (C=O) groups excluding carboxylic acids is 1. The molecule has 0 radical (unpaired) electrons. The molecule has 1 aliphatic heterocycles. The fourth-order valence-electron chi connectivity index (χ4n) is 1.61. The highest BCUT2D eigenvalue weighted by Gasteiger charge is 2.18. The molecule has 1 saturated heterocycles. The summed E-state index contributed by atoms with van der Waals surface area (Å²) in [6.07, 6.45) is 0.786. The van der Waals surface area contributed by atoms with Crippen LogP contribution in [0.15, 0.2) is 16.6 Å². The van der Waals surface area contributed by atoms with Gasteiger partial charge in [-0.05, 0) is 34.5 Å². The van der Waals surface area contributed by atoms with E-state index in [-0.39, 0.29) is 21.6 Å². The highest BCUT2D eigenvalue weighted by atomic mass is 79.9. The number of carbonyl (C=O) groups is 1. The zero-order valence-electron chi connectivity index (χ0n) is 9.30. The van der Waals surface area contributed by atoms with Crippen molar-refractivity contribution < 1.29 is 13.9 Å². The Hall–Kier alpha value is -0.850. The van der Waals surface area contributed by atoms with E-state index in [2.05, 4.69) is 26.6 Å². The second kappa shape index (κ2) is 5.86. The number of rotatable bonds is 2. The summed E-state index contributed by atoms with van der Waals surface area (Å²) in [6.45, 7) is 1.15. The maximum atomic E-state index is 13.1. The van der Waals surface area contributed by atoms with Crippen LogP contribution in [0.4, 0.5) is 14.9 Å². The molecule has 1 aromatic carbocycles. The van der Waals surface area contributed by atoms with Crippen LogP contribution in [0.2, 0.25) is 5.02 Å². The second-order valence-electron chi connectivity index (χ2n) is 3.91. The van der Waals surface area contributed by atoms with Gasteiger partial charge in [-0.1, -0.05) is 11.6 Å². The summed E-state index contributed by atoms with van der Waals surface area (Å²) < 4.78 is 18.5. The Labute approximate surface area is 117 Å². The van der Waals surface area contributed by atoms with E-state index in [0.717, 1.165) is 12.5 Å². The van der Waals surface area contributed by atoms with Crippen LogP contribution in [0.1, 0.15) is 6.42 Å². The smallest absolute Gasteiger partial charge is 0.319 e. The zero-order chi connectivity index (χ0) is 13.1. The fourth-order valence-corrected chi connectivity index (χ4v) is 2.15. The van der Waals surface area contributed by atoms with Crippen molar-refractivity contribution in [2.45, 2.75) is 12.5 Å². The Bertz CT molecular complexity index is 467. The number of anilines is 1. The normalized spacial score (nSPS) is 18.7. The number of nitrogens with one attached hydrogen (secondary N) is 2. The van der Waals surface area contributed by atoms with Gasteiger partial charge >= 0.3 is 6.03 Å². The van der Waals surface area contributed by atoms with Crippen LogP contribution in [0, 0.1) is 5.82 Å². The quantitative estimate of drug-likeness (QED) is 0.815. The first-order valence-corrected chi connectivity index (χ1v) is 6.53. The Morgan fingerprint density at radius 1 is 1.56 bits per heavy atom. The van der Waals surface area contributed by atoms with E-state index in [0.29, 0.717) is 18.9 Å². The molecule has 2 amide bonds. The predicted molar refractivity (Wildman–Crippen MR) is 70.5 cm³/mol. The molecule has 0 saturated carbocycles. The van der Waals surface area contributed by atoms with E-state index in [1.807, 2.05) is 0 Å². The lowest BCUT2D eigenvalue weighted by molar-refractivity contribution is 0.189. The predicted octanol–water partition coefficient (Wildman–Crippen LogP) is 3.15. The van der Waals surface area contributed by atoms with Gasteiger partial charge in [0.1, 0.15) is 5.82 Å². The molecule has 0 bridgehead atoms. The minimum absolute atomic E-state index is 0.00710. The maximum Gasteiger partial charge on any atom is 0.319 e. The standard InChI is InChI=1S/C11H11BrClFN2O2/c12-7-3-10(8(13)4-9(7)14)16-11(17)15-6-1-2-18-5-6/h3-4,6H,1-2,5H2,(H2,15,16,17). The minimum atomic E-state index is -0.477. The number of amides is 2. The van der Waals surface area contributed by atoms with Crippen LogP contribution in [0.5, 0.6) is 0 Å². The highest BCUT2D eigenvalue weighted by Crippen LogP contribution is 2.28. The van der Waals surface area contributed by atoms with Crippen molar-refractivity contribution in [2.24, 2.45) is 0 Å². The van der Waals surface area contributed by atoms with Gasteiger partial charge in [-0.2, -0.15) is 0 Å². The maximum absolute atomic E-state index is 13.1. The van der Waals surface area contributed by atoms with E-state index in [1.54, 1.807) is 0 Å². The van der Waals surface area contributed by atoms with Gasteiger partial charge in [0.05, 0.1) is 27.8 Å². The summed E-state index contributed by atoms with van der Waals surface area (Å²) in [7, 11) is 0. The summed E-state index contributed by atoms with van der Waals surface area (Å²) >= 11 is 8.87. The molecule has 1 fully saturated rings. The molecule has 0 spiro atoms. The molecule has 7 heteroatoms. The molecule has 1 aromatic rings. The van der Waals surface area contributed by atoms with Gasteiger partial charge in [0.25, 0.3) is 0 Å². The lowest BCUT2D eigenvalue weighted by Crippen LogP contribution is -2.38. The van der Waals surface area contributed by atoms with E-state index in [1.165, 1.54) is 6.07 Å². The van der Waals surface area contributed by atoms with Crippen molar-refractivity contribution in [3.63, 3.8) is 0 Å². The van der Waals surface area contributed by atoms with Gasteiger partial charge in [-0.25, -0.2) is 9.18 Å². The van der Waals surface area contributed by atoms with Crippen molar-refractivity contribution >= 4 is 39.2 Å². The van der Waals surface area contributed by atoms with E-state index >= 15 is 0 Å². The highest BCUT2D eigenvalue weighted by molar-refractivity contribution is 9.10. The lowest BCUT2D eigenvalue weighted by atomic mass is 10.3. The number of halogens is 3. The summed E-state index contributed by atoms with van der Waals surface area (Å²) in [5.74, 6) is -0.477. The molecule has 0 aliphatic carbocycles. The second-order valence-corrected chi connectivity index (χ2v) is 5.17. The van der Waals surface area contributed by atoms with Gasteiger partial charge in [0, 0.05) is 6.61 Å². The summed E-state index contributed by atoms with van der Waals surface area (Å²) in [5.41, 5.74) is 0.348. The van der Waals surface area contributed by atoms with E-state index in [4.69, 9.17) is 16.3 Å². The number of hydrogen-bond donors (Lipinski definition) is 2. The third-order valence-corrected chi connectivity index (χ3v) is 3.44.